The molecule has 1 N–H and O–H groups in total. The summed E-state index contributed by atoms with van der Waals surface area (Å²) in [6.45, 7) is 6.68. The molecule has 2 aliphatic rings. The van der Waals surface area contributed by atoms with E-state index in [0.717, 1.165) is 25.2 Å². The Balaban J connectivity index is 1.67. The zero-order valence-corrected chi connectivity index (χ0v) is 20.2. The molecule has 0 spiro atoms. The van der Waals surface area contributed by atoms with E-state index >= 15 is 0 Å². The van der Waals surface area contributed by atoms with Gasteiger partial charge in [0.25, 0.3) is 11.7 Å². The second-order valence-electron chi connectivity index (χ2n) is 8.53. The standard InChI is InChI=1S/C27H32N2O6/c1-3-35-22-7-4-6-20(18-22)25(30)23-24(19-8-10-21(33-2)11-9-19)29(27(32)26(23)31)13-5-12-28-14-16-34-17-15-28/h4,6-11,18,24,30H,3,5,12-17H2,1-2H3/b25-23+. The van der Waals surface area contributed by atoms with E-state index in [1.807, 2.05) is 19.1 Å². The summed E-state index contributed by atoms with van der Waals surface area (Å²) in [6, 6.07) is 13.5. The van der Waals surface area contributed by atoms with E-state index in [-0.39, 0.29) is 11.3 Å². The number of morpholine rings is 1. The number of hydrogen-bond donors (Lipinski definition) is 1. The number of Topliss-reactive ketones (excluding diaryl/α,β-unsaturated/α-hetero) is 1. The number of aliphatic hydroxyl groups is 1. The van der Waals surface area contributed by atoms with Crippen molar-refractivity contribution >= 4 is 17.4 Å². The number of rotatable bonds is 9. The van der Waals surface area contributed by atoms with Gasteiger partial charge in [0.15, 0.2) is 0 Å². The van der Waals surface area contributed by atoms with E-state index in [2.05, 4.69) is 4.90 Å². The number of ketones is 1. The highest BCUT2D eigenvalue weighted by molar-refractivity contribution is 6.46. The second-order valence-corrected chi connectivity index (χ2v) is 8.53. The monoisotopic (exact) mass is 480 g/mol. The number of amides is 1. The van der Waals surface area contributed by atoms with Gasteiger partial charge < -0.3 is 24.2 Å². The van der Waals surface area contributed by atoms with Gasteiger partial charge in [-0.2, -0.15) is 0 Å². The summed E-state index contributed by atoms with van der Waals surface area (Å²) in [6.07, 6.45) is 0.708. The van der Waals surface area contributed by atoms with Crippen LogP contribution in [0.3, 0.4) is 0 Å². The highest BCUT2D eigenvalue weighted by Crippen LogP contribution is 2.40. The molecule has 2 aliphatic heterocycles. The van der Waals surface area contributed by atoms with Crippen molar-refractivity contribution in [2.75, 3.05) is 53.1 Å². The molecule has 1 unspecified atom stereocenters. The van der Waals surface area contributed by atoms with E-state index in [0.29, 0.717) is 49.8 Å². The predicted molar refractivity (Wildman–Crippen MR) is 131 cm³/mol. The van der Waals surface area contributed by atoms with Crippen LogP contribution in [0.5, 0.6) is 11.5 Å². The highest BCUT2D eigenvalue weighted by atomic mass is 16.5. The molecule has 0 bridgehead atoms. The van der Waals surface area contributed by atoms with Crippen molar-refractivity contribution in [1.29, 1.82) is 0 Å². The SMILES string of the molecule is CCOc1cccc(/C(O)=C2\C(=O)C(=O)N(CCCN3CCOCC3)C2c2ccc(OC)cc2)c1. The minimum atomic E-state index is -0.693. The van der Waals surface area contributed by atoms with Crippen molar-refractivity contribution < 1.29 is 28.9 Å². The lowest BCUT2D eigenvalue weighted by Crippen LogP contribution is -2.38. The quantitative estimate of drug-likeness (QED) is 0.335. The van der Waals surface area contributed by atoms with Crippen LogP contribution in [0, 0.1) is 0 Å². The van der Waals surface area contributed by atoms with Crippen molar-refractivity contribution in [2.45, 2.75) is 19.4 Å². The lowest BCUT2D eigenvalue weighted by molar-refractivity contribution is -0.140. The van der Waals surface area contributed by atoms with Crippen LogP contribution < -0.4 is 9.47 Å². The van der Waals surface area contributed by atoms with Crippen LogP contribution in [0.25, 0.3) is 5.76 Å². The van der Waals surface area contributed by atoms with Gasteiger partial charge in [-0.05, 0) is 43.2 Å². The number of benzene rings is 2. The first-order chi connectivity index (χ1) is 17.0. The maximum absolute atomic E-state index is 13.2. The van der Waals surface area contributed by atoms with Crippen molar-refractivity contribution in [3.8, 4) is 11.5 Å². The van der Waals surface area contributed by atoms with Gasteiger partial charge in [-0.1, -0.05) is 24.3 Å². The molecule has 0 saturated carbocycles. The number of ether oxygens (including phenoxy) is 3. The van der Waals surface area contributed by atoms with Gasteiger partial charge in [0, 0.05) is 31.7 Å². The minimum absolute atomic E-state index is 0.0835. The Bertz CT molecular complexity index is 1080. The molecule has 4 rings (SSSR count). The fourth-order valence-corrected chi connectivity index (χ4v) is 4.59. The number of hydrogen-bond acceptors (Lipinski definition) is 7. The normalized spacial score (nSPS) is 20.3. The van der Waals surface area contributed by atoms with E-state index in [9.17, 15) is 14.7 Å². The largest absolute Gasteiger partial charge is 0.507 e. The zero-order chi connectivity index (χ0) is 24.8. The molecule has 8 heteroatoms. The highest BCUT2D eigenvalue weighted by Gasteiger charge is 2.45. The van der Waals surface area contributed by atoms with Crippen molar-refractivity contribution in [3.63, 3.8) is 0 Å². The molecule has 2 aromatic rings. The predicted octanol–water partition coefficient (Wildman–Crippen LogP) is 3.24. The Labute approximate surface area is 205 Å². The maximum Gasteiger partial charge on any atom is 0.295 e. The summed E-state index contributed by atoms with van der Waals surface area (Å²) < 4.78 is 16.2. The Hall–Kier alpha value is -3.36. The van der Waals surface area contributed by atoms with Gasteiger partial charge in [0.2, 0.25) is 0 Å². The van der Waals surface area contributed by atoms with Crippen molar-refractivity contribution in [3.05, 3.63) is 65.2 Å². The van der Waals surface area contributed by atoms with E-state index < -0.39 is 17.7 Å². The minimum Gasteiger partial charge on any atom is -0.507 e. The van der Waals surface area contributed by atoms with Crippen molar-refractivity contribution in [1.82, 2.24) is 9.80 Å². The molecule has 0 radical (unpaired) electrons. The lowest BCUT2D eigenvalue weighted by Gasteiger charge is -2.29. The Kier molecular flexibility index (Phi) is 8.05. The molecular weight excluding hydrogens is 448 g/mol. The number of carbonyl (C=O) groups excluding carboxylic acids is 2. The number of methoxy groups -OCH3 is 1. The van der Waals surface area contributed by atoms with Gasteiger partial charge in [-0.25, -0.2) is 0 Å². The first kappa shape index (κ1) is 24.8. The van der Waals surface area contributed by atoms with E-state index in [1.54, 1.807) is 48.4 Å². The molecule has 2 heterocycles. The summed E-state index contributed by atoms with van der Waals surface area (Å²) in [4.78, 5) is 30.2. The van der Waals surface area contributed by atoms with Gasteiger partial charge in [-0.3, -0.25) is 14.5 Å². The number of likely N-dealkylation sites (tertiary alicyclic amines) is 1. The summed E-state index contributed by atoms with van der Waals surface area (Å²) in [5, 5.41) is 11.3. The first-order valence-corrected chi connectivity index (χ1v) is 12.0. The van der Waals surface area contributed by atoms with Crippen LogP contribution in [0.2, 0.25) is 0 Å². The van der Waals surface area contributed by atoms with Gasteiger partial charge in [0.05, 0.1) is 38.5 Å². The molecular formula is C27H32N2O6. The topological polar surface area (TPSA) is 88.5 Å². The van der Waals surface area contributed by atoms with E-state index in [4.69, 9.17) is 14.2 Å². The van der Waals surface area contributed by atoms with Gasteiger partial charge >= 0.3 is 0 Å². The maximum atomic E-state index is 13.2. The van der Waals surface area contributed by atoms with Crippen LogP contribution >= 0.6 is 0 Å². The van der Waals surface area contributed by atoms with Gasteiger partial charge in [-0.15, -0.1) is 0 Å². The molecule has 2 aromatic carbocycles. The van der Waals surface area contributed by atoms with Gasteiger partial charge in [0.1, 0.15) is 17.3 Å². The van der Waals surface area contributed by atoms with Crippen LogP contribution in [0.4, 0.5) is 0 Å². The molecule has 0 aliphatic carbocycles. The molecule has 2 fully saturated rings. The van der Waals surface area contributed by atoms with Crippen LogP contribution in [0.15, 0.2) is 54.1 Å². The molecule has 8 nitrogen and oxygen atoms in total. The zero-order valence-electron chi connectivity index (χ0n) is 20.2. The summed E-state index contributed by atoms with van der Waals surface area (Å²) in [5.74, 6) is -0.243. The second kappa shape index (κ2) is 11.4. The summed E-state index contributed by atoms with van der Waals surface area (Å²) >= 11 is 0. The third kappa shape index (κ3) is 5.49. The van der Waals surface area contributed by atoms with Crippen LogP contribution in [0.1, 0.15) is 30.5 Å². The molecule has 0 aromatic heterocycles. The van der Waals surface area contributed by atoms with Crippen LogP contribution in [-0.4, -0.2) is 79.7 Å². The van der Waals surface area contributed by atoms with Crippen molar-refractivity contribution in [2.24, 2.45) is 0 Å². The molecule has 1 amide bonds. The number of nitrogens with zero attached hydrogens (tertiary/aromatic N) is 2. The number of aliphatic hydroxyl groups excluding tert-OH is 1. The first-order valence-electron chi connectivity index (χ1n) is 12.0. The van der Waals surface area contributed by atoms with Crippen LogP contribution in [-0.2, 0) is 14.3 Å². The Morgan fingerprint density at radius 1 is 1.06 bits per heavy atom. The smallest absolute Gasteiger partial charge is 0.295 e. The van der Waals surface area contributed by atoms with E-state index in [1.165, 1.54) is 0 Å². The molecule has 186 valence electrons. The average Bonchev–Trinajstić information content (AvgIpc) is 3.14. The number of carbonyl (C=O) groups is 2. The molecule has 35 heavy (non-hydrogen) atoms. The fourth-order valence-electron chi connectivity index (χ4n) is 4.59. The fraction of sp³-hybridized carbons (Fsp3) is 0.407. The Morgan fingerprint density at radius 3 is 2.49 bits per heavy atom. The Morgan fingerprint density at radius 2 is 1.80 bits per heavy atom. The third-order valence-electron chi connectivity index (χ3n) is 6.37. The summed E-state index contributed by atoms with van der Waals surface area (Å²) in [5.41, 5.74) is 1.25. The average molecular weight is 481 g/mol. The summed E-state index contributed by atoms with van der Waals surface area (Å²) in [7, 11) is 1.58. The lowest BCUT2D eigenvalue weighted by atomic mass is 9.95. The third-order valence-corrected chi connectivity index (χ3v) is 6.37. The molecule has 1 atom stereocenters. The molecule has 2 saturated heterocycles.